The Balaban J connectivity index is 0.000000561. The SMILES string of the molecule is CC.CN1CCC(CCCCl)C1. The number of hydrogen-bond acceptors (Lipinski definition) is 1. The van der Waals surface area contributed by atoms with Gasteiger partial charge in [-0.05, 0) is 38.8 Å². The van der Waals surface area contributed by atoms with Crippen LogP contribution in [0.2, 0.25) is 0 Å². The first kappa shape index (κ1) is 12.2. The van der Waals surface area contributed by atoms with Gasteiger partial charge in [0, 0.05) is 12.4 Å². The second-order valence-electron chi connectivity index (χ2n) is 3.25. The van der Waals surface area contributed by atoms with Gasteiger partial charge in [0.15, 0.2) is 0 Å². The Morgan fingerprint density at radius 3 is 2.50 bits per heavy atom. The highest BCUT2D eigenvalue weighted by Gasteiger charge is 2.17. The molecule has 0 aromatic rings. The van der Waals surface area contributed by atoms with E-state index >= 15 is 0 Å². The fourth-order valence-electron chi connectivity index (χ4n) is 1.63. The second-order valence-corrected chi connectivity index (χ2v) is 3.63. The summed E-state index contributed by atoms with van der Waals surface area (Å²) in [5.74, 6) is 1.77. The van der Waals surface area contributed by atoms with E-state index in [2.05, 4.69) is 11.9 Å². The fourth-order valence-corrected chi connectivity index (χ4v) is 1.78. The maximum atomic E-state index is 5.60. The van der Waals surface area contributed by atoms with Crippen molar-refractivity contribution in [3.05, 3.63) is 0 Å². The number of likely N-dealkylation sites (tertiary alicyclic amines) is 1. The molecule has 1 fully saturated rings. The molecule has 1 unspecified atom stereocenters. The van der Waals surface area contributed by atoms with Gasteiger partial charge in [-0.2, -0.15) is 0 Å². The van der Waals surface area contributed by atoms with E-state index in [0.717, 1.165) is 11.8 Å². The van der Waals surface area contributed by atoms with Crippen molar-refractivity contribution in [3.8, 4) is 0 Å². The van der Waals surface area contributed by atoms with Gasteiger partial charge in [0.1, 0.15) is 0 Å². The topological polar surface area (TPSA) is 3.24 Å². The van der Waals surface area contributed by atoms with Crippen molar-refractivity contribution in [1.82, 2.24) is 4.90 Å². The minimum absolute atomic E-state index is 0.834. The van der Waals surface area contributed by atoms with Crippen LogP contribution in [-0.2, 0) is 0 Å². The Labute approximate surface area is 82.1 Å². The van der Waals surface area contributed by atoms with Crippen LogP contribution in [-0.4, -0.2) is 30.9 Å². The smallest absolute Gasteiger partial charge is 0.0223 e. The molecule has 0 radical (unpaired) electrons. The van der Waals surface area contributed by atoms with E-state index in [9.17, 15) is 0 Å². The van der Waals surface area contributed by atoms with Gasteiger partial charge in [-0.25, -0.2) is 0 Å². The fraction of sp³-hybridized carbons (Fsp3) is 1.00. The lowest BCUT2D eigenvalue weighted by Crippen LogP contribution is -2.13. The van der Waals surface area contributed by atoms with E-state index in [1.165, 1.54) is 32.4 Å². The Bertz CT molecular complexity index is 95.8. The normalized spacial score (nSPS) is 23.5. The van der Waals surface area contributed by atoms with Crippen LogP contribution in [0, 0.1) is 5.92 Å². The first-order chi connectivity index (χ1) is 5.83. The zero-order valence-corrected chi connectivity index (χ0v) is 9.40. The van der Waals surface area contributed by atoms with Crippen molar-refractivity contribution in [2.75, 3.05) is 26.0 Å². The third-order valence-corrected chi connectivity index (χ3v) is 2.50. The number of rotatable bonds is 3. The van der Waals surface area contributed by atoms with Crippen LogP contribution in [0.3, 0.4) is 0 Å². The van der Waals surface area contributed by atoms with Gasteiger partial charge in [-0.3, -0.25) is 0 Å². The molecule has 1 heterocycles. The van der Waals surface area contributed by atoms with E-state index in [-0.39, 0.29) is 0 Å². The molecule has 0 bridgehead atoms. The zero-order valence-electron chi connectivity index (χ0n) is 8.65. The summed E-state index contributed by atoms with van der Waals surface area (Å²) in [5, 5.41) is 0. The third kappa shape index (κ3) is 5.00. The van der Waals surface area contributed by atoms with Gasteiger partial charge in [0.2, 0.25) is 0 Å². The maximum absolute atomic E-state index is 5.60. The highest BCUT2D eigenvalue weighted by atomic mass is 35.5. The molecule has 12 heavy (non-hydrogen) atoms. The molecule has 74 valence electrons. The molecule has 0 aromatic heterocycles. The van der Waals surface area contributed by atoms with Crippen molar-refractivity contribution in [1.29, 1.82) is 0 Å². The summed E-state index contributed by atoms with van der Waals surface area (Å²) in [4.78, 5) is 2.40. The number of halogens is 1. The Kier molecular flexibility index (Phi) is 8.04. The van der Waals surface area contributed by atoms with Crippen molar-refractivity contribution in [3.63, 3.8) is 0 Å². The summed E-state index contributed by atoms with van der Waals surface area (Å²) >= 11 is 5.60. The highest BCUT2D eigenvalue weighted by Crippen LogP contribution is 2.19. The van der Waals surface area contributed by atoms with Crippen LogP contribution in [0.4, 0.5) is 0 Å². The van der Waals surface area contributed by atoms with Crippen LogP contribution in [0.5, 0.6) is 0 Å². The first-order valence-electron chi connectivity index (χ1n) is 5.07. The summed E-state index contributed by atoms with van der Waals surface area (Å²) in [6, 6.07) is 0. The molecule has 0 saturated carbocycles. The van der Waals surface area contributed by atoms with E-state index < -0.39 is 0 Å². The molecule has 0 spiro atoms. The minimum Gasteiger partial charge on any atom is -0.306 e. The van der Waals surface area contributed by atoms with Gasteiger partial charge < -0.3 is 4.90 Å². The summed E-state index contributed by atoms with van der Waals surface area (Å²) < 4.78 is 0. The molecule has 1 nitrogen and oxygen atoms in total. The van der Waals surface area contributed by atoms with Gasteiger partial charge in [-0.1, -0.05) is 13.8 Å². The van der Waals surface area contributed by atoms with Gasteiger partial charge >= 0.3 is 0 Å². The molecule has 2 heteroatoms. The quantitative estimate of drug-likeness (QED) is 0.620. The van der Waals surface area contributed by atoms with Crippen LogP contribution in [0.1, 0.15) is 33.1 Å². The lowest BCUT2D eigenvalue weighted by Gasteiger charge is -2.08. The standard InChI is InChI=1S/C8H16ClN.C2H6/c1-10-6-4-8(7-10)3-2-5-9;1-2/h8H,2-7H2,1H3;1-2H3. The van der Waals surface area contributed by atoms with Crippen molar-refractivity contribution in [2.45, 2.75) is 33.1 Å². The molecule has 0 amide bonds. The highest BCUT2D eigenvalue weighted by molar-refractivity contribution is 6.17. The Hall–Kier alpha value is 0.250. The molecule has 1 atom stereocenters. The van der Waals surface area contributed by atoms with Crippen molar-refractivity contribution < 1.29 is 0 Å². The van der Waals surface area contributed by atoms with Gasteiger partial charge in [0.05, 0.1) is 0 Å². The van der Waals surface area contributed by atoms with E-state index in [4.69, 9.17) is 11.6 Å². The van der Waals surface area contributed by atoms with Gasteiger partial charge in [0.25, 0.3) is 0 Å². The van der Waals surface area contributed by atoms with Crippen molar-refractivity contribution >= 4 is 11.6 Å². The Morgan fingerprint density at radius 2 is 2.08 bits per heavy atom. The molecule has 0 aliphatic carbocycles. The second kappa shape index (κ2) is 7.88. The van der Waals surface area contributed by atoms with E-state index in [0.29, 0.717) is 0 Å². The maximum Gasteiger partial charge on any atom is 0.0223 e. The molecule has 1 aliphatic heterocycles. The summed E-state index contributed by atoms with van der Waals surface area (Å²) in [7, 11) is 2.20. The van der Waals surface area contributed by atoms with Gasteiger partial charge in [-0.15, -0.1) is 11.6 Å². The lowest BCUT2D eigenvalue weighted by molar-refractivity contribution is 0.387. The molecule has 0 N–H and O–H groups in total. The van der Waals surface area contributed by atoms with Crippen LogP contribution in [0.15, 0.2) is 0 Å². The van der Waals surface area contributed by atoms with Crippen LogP contribution >= 0.6 is 11.6 Å². The number of nitrogens with zero attached hydrogens (tertiary/aromatic N) is 1. The number of hydrogen-bond donors (Lipinski definition) is 0. The predicted octanol–water partition coefficient (Wildman–Crippen LogP) is 2.98. The van der Waals surface area contributed by atoms with E-state index in [1.807, 2.05) is 13.8 Å². The molecule has 0 aromatic carbocycles. The molecule has 1 rings (SSSR count). The largest absolute Gasteiger partial charge is 0.306 e. The van der Waals surface area contributed by atoms with Crippen molar-refractivity contribution in [2.24, 2.45) is 5.92 Å². The average Bonchev–Trinajstić information content (AvgIpc) is 2.51. The Morgan fingerprint density at radius 1 is 1.42 bits per heavy atom. The third-order valence-electron chi connectivity index (χ3n) is 2.23. The van der Waals surface area contributed by atoms with Crippen LogP contribution in [0.25, 0.3) is 0 Å². The molecule has 1 aliphatic rings. The molecule has 1 saturated heterocycles. The monoisotopic (exact) mass is 191 g/mol. The lowest BCUT2D eigenvalue weighted by atomic mass is 10.0. The van der Waals surface area contributed by atoms with E-state index in [1.54, 1.807) is 0 Å². The first-order valence-corrected chi connectivity index (χ1v) is 5.61. The molecular weight excluding hydrogens is 170 g/mol. The zero-order chi connectivity index (χ0) is 9.40. The summed E-state index contributed by atoms with van der Waals surface area (Å²) in [5.41, 5.74) is 0. The molecular formula is C10H22ClN. The van der Waals surface area contributed by atoms with Crippen LogP contribution < -0.4 is 0 Å². The summed E-state index contributed by atoms with van der Waals surface area (Å²) in [6.07, 6.45) is 3.90. The average molecular weight is 192 g/mol. The predicted molar refractivity (Wildman–Crippen MR) is 56.9 cm³/mol. The summed E-state index contributed by atoms with van der Waals surface area (Å²) in [6.45, 7) is 6.57. The number of alkyl halides is 1. The minimum atomic E-state index is 0.834.